The minimum atomic E-state index is 0. The highest BCUT2D eigenvalue weighted by atomic mass is 127. The molecule has 2 unspecified atom stereocenters. The Hall–Kier alpha value is -0.570. The fourth-order valence-corrected chi connectivity index (χ4v) is 2.77. The second-order valence-corrected chi connectivity index (χ2v) is 7.29. The summed E-state index contributed by atoms with van der Waals surface area (Å²) in [7, 11) is 5.25. The summed E-state index contributed by atoms with van der Waals surface area (Å²) in [6.07, 6.45) is 7.34. The normalized spacial score (nSPS) is 16.4. The number of amides is 1. The highest BCUT2D eigenvalue weighted by Gasteiger charge is 2.31. The van der Waals surface area contributed by atoms with Crippen molar-refractivity contribution in [2.24, 2.45) is 16.8 Å². The summed E-state index contributed by atoms with van der Waals surface area (Å²) in [6, 6.07) is 0.265. The van der Waals surface area contributed by atoms with Crippen LogP contribution in [0.1, 0.15) is 52.4 Å². The first-order chi connectivity index (χ1) is 12.0. The van der Waals surface area contributed by atoms with Gasteiger partial charge in [0, 0.05) is 27.7 Å². The maximum Gasteiger partial charge on any atom is 0.243 e. The van der Waals surface area contributed by atoms with Crippen LogP contribution in [0.5, 0.6) is 0 Å². The molecule has 0 aromatic rings. The Labute approximate surface area is 176 Å². The number of methoxy groups -OCH3 is 1. The SMILES string of the molecule is CCCCC(CC)CNC(=NCC(=O)N(C)C)NC(COC)C1CC1.I. The molecular weight excluding hydrogens is 443 g/mol. The first kappa shape index (κ1) is 25.4. The van der Waals surface area contributed by atoms with Crippen molar-refractivity contribution >= 4 is 35.8 Å². The Kier molecular flexibility index (Phi) is 14.2. The zero-order valence-corrected chi connectivity index (χ0v) is 19.5. The van der Waals surface area contributed by atoms with Crippen molar-refractivity contribution in [2.45, 2.75) is 58.4 Å². The van der Waals surface area contributed by atoms with Gasteiger partial charge < -0.3 is 20.3 Å². The van der Waals surface area contributed by atoms with Crippen molar-refractivity contribution in [3.05, 3.63) is 0 Å². The van der Waals surface area contributed by atoms with Crippen molar-refractivity contribution in [3.8, 4) is 0 Å². The van der Waals surface area contributed by atoms with E-state index in [4.69, 9.17) is 4.74 Å². The number of hydrogen-bond donors (Lipinski definition) is 2. The van der Waals surface area contributed by atoms with E-state index in [-0.39, 0.29) is 42.5 Å². The van der Waals surface area contributed by atoms with E-state index in [1.165, 1.54) is 32.1 Å². The number of carbonyl (C=O) groups is 1. The lowest BCUT2D eigenvalue weighted by Crippen LogP contribution is -2.48. The summed E-state index contributed by atoms with van der Waals surface area (Å²) in [5, 5.41) is 6.95. The van der Waals surface area contributed by atoms with Crippen LogP contribution in [-0.4, -0.2) is 63.7 Å². The van der Waals surface area contributed by atoms with Crippen LogP contribution in [-0.2, 0) is 9.53 Å². The smallest absolute Gasteiger partial charge is 0.243 e. The number of nitrogens with zero attached hydrogens (tertiary/aromatic N) is 2. The molecule has 26 heavy (non-hydrogen) atoms. The van der Waals surface area contributed by atoms with E-state index in [2.05, 4.69) is 29.5 Å². The molecule has 6 nitrogen and oxygen atoms in total. The molecule has 0 aromatic heterocycles. The third-order valence-corrected chi connectivity index (χ3v) is 4.83. The van der Waals surface area contributed by atoms with Crippen molar-refractivity contribution in [1.82, 2.24) is 15.5 Å². The van der Waals surface area contributed by atoms with Gasteiger partial charge in [0.2, 0.25) is 5.91 Å². The highest BCUT2D eigenvalue weighted by Crippen LogP contribution is 2.32. The number of aliphatic imine (C=N–C) groups is 1. The van der Waals surface area contributed by atoms with Crippen LogP contribution in [0.4, 0.5) is 0 Å². The molecule has 0 saturated heterocycles. The average molecular weight is 482 g/mol. The predicted molar refractivity (Wildman–Crippen MR) is 119 cm³/mol. The van der Waals surface area contributed by atoms with Gasteiger partial charge >= 0.3 is 0 Å². The average Bonchev–Trinajstić information content (AvgIpc) is 3.43. The fraction of sp³-hybridized carbons (Fsp3) is 0.895. The summed E-state index contributed by atoms with van der Waals surface area (Å²) in [5.74, 6) is 2.03. The van der Waals surface area contributed by atoms with Crippen LogP contribution in [0.15, 0.2) is 4.99 Å². The molecule has 1 aliphatic carbocycles. The molecule has 0 heterocycles. The van der Waals surface area contributed by atoms with Crippen molar-refractivity contribution in [3.63, 3.8) is 0 Å². The molecule has 0 aliphatic heterocycles. The van der Waals surface area contributed by atoms with Gasteiger partial charge in [-0.2, -0.15) is 0 Å². The van der Waals surface area contributed by atoms with E-state index < -0.39 is 0 Å². The standard InChI is InChI=1S/C19H38N4O2.HI/c1-6-8-9-15(7-2)12-20-19(21-13-18(24)23(3)4)22-17(14-25-5)16-10-11-16;/h15-17H,6-14H2,1-5H3,(H2,20,21,22);1H. The molecule has 1 rings (SSSR count). The molecule has 1 amide bonds. The van der Waals surface area contributed by atoms with Crippen molar-refractivity contribution in [1.29, 1.82) is 0 Å². The van der Waals surface area contributed by atoms with Gasteiger partial charge in [-0.3, -0.25) is 4.79 Å². The maximum atomic E-state index is 11.9. The Morgan fingerprint density at radius 3 is 2.50 bits per heavy atom. The molecule has 0 aromatic carbocycles. The summed E-state index contributed by atoms with van der Waals surface area (Å²) in [4.78, 5) is 18.0. The minimum Gasteiger partial charge on any atom is -0.383 e. The van der Waals surface area contributed by atoms with Gasteiger partial charge in [-0.15, -0.1) is 24.0 Å². The first-order valence-electron chi connectivity index (χ1n) is 9.75. The van der Waals surface area contributed by atoms with Crippen LogP contribution < -0.4 is 10.6 Å². The monoisotopic (exact) mass is 482 g/mol. The number of unbranched alkanes of at least 4 members (excludes halogenated alkanes) is 1. The van der Waals surface area contributed by atoms with Crippen LogP contribution in [0.25, 0.3) is 0 Å². The Bertz CT molecular complexity index is 414. The molecule has 7 heteroatoms. The zero-order valence-electron chi connectivity index (χ0n) is 17.2. The van der Waals surface area contributed by atoms with Crippen LogP contribution >= 0.6 is 24.0 Å². The summed E-state index contributed by atoms with van der Waals surface area (Å²) in [5.41, 5.74) is 0. The highest BCUT2D eigenvalue weighted by molar-refractivity contribution is 14.0. The number of rotatable bonds is 12. The van der Waals surface area contributed by atoms with Crippen molar-refractivity contribution in [2.75, 3.05) is 40.9 Å². The van der Waals surface area contributed by atoms with Crippen LogP contribution in [0.3, 0.4) is 0 Å². The van der Waals surface area contributed by atoms with Gasteiger partial charge in [0.15, 0.2) is 5.96 Å². The number of likely N-dealkylation sites (N-methyl/N-ethyl adjacent to an activating group) is 1. The second-order valence-electron chi connectivity index (χ2n) is 7.29. The summed E-state index contributed by atoms with van der Waals surface area (Å²) < 4.78 is 5.35. The third-order valence-electron chi connectivity index (χ3n) is 4.83. The topological polar surface area (TPSA) is 66.0 Å². The van der Waals surface area contributed by atoms with Gasteiger partial charge in [0.25, 0.3) is 0 Å². The quantitative estimate of drug-likeness (QED) is 0.255. The molecular formula is C19H39IN4O2. The Balaban J connectivity index is 0.00000625. The minimum absolute atomic E-state index is 0. The van der Waals surface area contributed by atoms with Gasteiger partial charge in [0.05, 0.1) is 12.6 Å². The number of ether oxygens (including phenoxy) is 1. The van der Waals surface area contributed by atoms with E-state index in [0.717, 1.165) is 18.9 Å². The molecule has 2 atom stereocenters. The molecule has 1 fully saturated rings. The van der Waals surface area contributed by atoms with Crippen LogP contribution in [0.2, 0.25) is 0 Å². The second kappa shape index (κ2) is 14.5. The third kappa shape index (κ3) is 10.5. The van der Waals surface area contributed by atoms with E-state index in [9.17, 15) is 4.79 Å². The lowest BCUT2D eigenvalue weighted by Gasteiger charge is -2.23. The van der Waals surface area contributed by atoms with Gasteiger partial charge in [-0.25, -0.2) is 4.99 Å². The number of nitrogens with one attached hydrogen (secondary N) is 2. The van der Waals surface area contributed by atoms with Gasteiger partial charge in [-0.1, -0.05) is 33.1 Å². The van der Waals surface area contributed by atoms with Gasteiger partial charge in [0.1, 0.15) is 6.54 Å². The predicted octanol–water partition coefficient (Wildman–Crippen LogP) is 2.87. The van der Waals surface area contributed by atoms with Crippen LogP contribution in [0, 0.1) is 11.8 Å². The number of guanidine groups is 1. The largest absolute Gasteiger partial charge is 0.383 e. The number of hydrogen-bond acceptors (Lipinski definition) is 3. The molecule has 2 N–H and O–H groups in total. The van der Waals surface area contributed by atoms with E-state index >= 15 is 0 Å². The Morgan fingerprint density at radius 2 is 2.00 bits per heavy atom. The molecule has 1 saturated carbocycles. The molecule has 154 valence electrons. The fourth-order valence-electron chi connectivity index (χ4n) is 2.77. The summed E-state index contributed by atoms with van der Waals surface area (Å²) >= 11 is 0. The molecule has 1 aliphatic rings. The number of carbonyl (C=O) groups excluding carboxylic acids is 1. The number of halogens is 1. The lowest BCUT2D eigenvalue weighted by atomic mass is 9.99. The van der Waals surface area contributed by atoms with E-state index in [0.29, 0.717) is 18.4 Å². The molecule has 0 bridgehead atoms. The van der Waals surface area contributed by atoms with E-state index in [1.807, 2.05) is 0 Å². The Morgan fingerprint density at radius 1 is 1.31 bits per heavy atom. The van der Waals surface area contributed by atoms with E-state index in [1.54, 1.807) is 26.1 Å². The van der Waals surface area contributed by atoms with Crippen molar-refractivity contribution < 1.29 is 9.53 Å². The summed E-state index contributed by atoms with van der Waals surface area (Å²) in [6.45, 7) is 6.19. The zero-order chi connectivity index (χ0) is 18.7. The van der Waals surface area contributed by atoms with Gasteiger partial charge in [-0.05, 0) is 31.1 Å². The molecule has 0 spiro atoms. The maximum absolute atomic E-state index is 11.9. The lowest BCUT2D eigenvalue weighted by molar-refractivity contribution is -0.127. The first-order valence-corrected chi connectivity index (χ1v) is 9.75. The molecule has 0 radical (unpaired) electrons.